The minimum absolute atomic E-state index is 0.0438. The molecule has 0 atom stereocenters. The molecule has 160 valence electrons. The number of carbonyl (C=O) groups is 2. The van der Waals surface area contributed by atoms with Gasteiger partial charge in [0.1, 0.15) is 5.75 Å². The van der Waals surface area contributed by atoms with Crippen LogP contribution in [0.5, 0.6) is 5.75 Å². The number of hydrogen-bond donors (Lipinski definition) is 2. The van der Waals surface area contributed by atoms with E-state index in [1.165, 1.54) is 11.8 Å². The van der Waals surface area contributed by atoms with Crippen molar-refractivity contribution in [2.24, 2.45) is 0 Å². The number of nitrogens with one attached hydrogen (secondary N) is 1. The lowest BCUT2D eigenvalue weighted by molar-refractivity contribution is -0.139. The Balaban J connectivity index is 1.56. The highest BCUT2D eigenvalue weighted by atomic mass is 35.5. The first-order chi connectivity index (χ1) is 15.0. The largest absolute Gasteiger partial charge is 0.480 e. The molecule has 3 aromatic rings. The summed E-state index contributed by atoms with van der Waals surface area (Å²) in [5.41, 5.74) is 2.05. The van der Waals surface area contributed by atoms with E-state index in [1.54, 1.807) is 18.2 Å². The maximum absolute atomic E-state index is 12.6. The summed E-state index contributed by atoms with van der Waals surface area (Å²) < 4.78 is 5.12. The highest BCUT2D eigenvalue weighted by molar-refractivity contribution is 7.99. The molecule has 3 aromatic carbocycles. The first kappa shape index (κ1) is 22.7. The van der Waals surface area contributed by atoms with Crippen LogP contribution in [0.15, 0.2) is 83.8 Å². The smallest absolute Gasteiger partial charge is 0.341 e. The van der Waals surface area contributed by atoms with Crippen LogP contribution in [0.4, 0.5) is 0 Å². The fourth-order valence-electron chi connectivity index (χ4n) is 2.97. The van der Waals surface area contributed by atoms with Crippen LogP contribution in [-0.2, 0) is 9.59 Å². The standard InChI is InChI=1S/C24H22ClNO4S/c25-20-15-19(11-12-21(20)30-16-23(28)29)31-14-13-22(27)26-24(17-7-3-1-4-8-17)18-9-5-2-6-10-18/h1-12,15,24H,13-14,16H2,(H,26,27)(H,28,29). The SMILES string of the molecule is O=C(O)COc1ccc(SCCC(=O)NC(c2ccccc2)c2ccccc2)cc1Cl. The highest BCUT2D eigenvalue weighted by Crippen LogP contribution is 2.30. The Bertz CT molecular complexity index is 975. The minimum atomic E-state index is -1.06. The van der Waals surface area contributed by atoms with E-state index in [0.717, 1.165) is 16.0 Å². The number of halogens is 1. The van der Waals surface area contributed by atoms with Crippen molar-refractivity contribution in [3.8, 4) is 5.75 Å². The summed E-state index contributed by atoms with van der Waals surface area (Å²) in [5, 5.41) is 12.2. The molecule has 0 saturated heterocycles. The number of ether oxygens (including phenoxy) is 1. The van der Waals surface area contributed by atoms with Gasteiger partial charge in [0.2, 0.25) is 5.91 Å². The number of carboxylic acids is 1. The number of carbonyl (C=O) groups excluding carboxylic acids is 1. The van der Waals surface area contributed by atoms with Crippen LogP contribution in [-0.4, -0.2) is 29.3 Å². The minimum Gasteiger partial charge on any atom is -0.480 e. The Kier molecular flexibility index (Phi) is 8.38. The normalized spacial score (nSPS) is 10.6. The molecule has 2 N–H and O–H groups in total. The fourth-order valence-corrected chi connectivity index (χ4v) is 4.16. The van der Waals surface area contributed by atoms with Crippen molar-refractivity contribution in [2.45, 2.75) is 17.4 Å². The molecule has 0 aliphatic heterocycles. The maximum Gasteiger partial charge on any atom is 0.341 e. The monoisotopic (exact) mass is 455 g/mol. The fraction of sp³-hybridized carbons (Fsp3) is 0.167. The van der Waals surface area contributed by atoms with Crippen LogP contribution in [0.3, 0.4) is 0 Å². The number of amides is 1. The molecule has 0 radical (unpaired) electrons. The van der Waals surface area contributed by atoms with E-state index in [2.05, 4.69) is 5.32 Å². The first-order valence-corrected chi connectivity index (χ1v) is 11.1. The number of thioether (sulfide) groups is 1. The van der Waals surface area contributed by atoms with Crippen LogP contribution < -0.4 is 10.1 Å². The average Bonchev–Trinajstić information content (AvgIpc) is 2.78. The third kappa shape index (κ3) is 7.05. The van der Waals surface area contributed by atoms with Crippen molar-refractivity contribution >= 4 is 35.2 Å². The Morgan fingerprint density at radius 1 is 0.968 bits per heavy atom. The van der Waals surface area contributed by atoms with Gasteiger partial charge in [-0.15, -0.1) is 11.8 Å². The first-order valence-electron chi connectivity index (χ1n) is 9.69. The zero-order chi connectivity index (χ0) is 22.1. The van der Waals surface area contributed by atoms with Crippen LogP contribution in [0.1, 0.15) is 23.6 Å². The lowest BCUT2D eigenvalue weighted by Gasteiger charge is -2.20. The van der Waals surface area contributed by atoms with Crippen molar-refractivity contribution in [3.63, 3.8) is 0 Å². The second kappa shape index (κ2) is 11.4. The molecule has 0 saturated carbocycles. The summed E-state index contributed by atoms with van der Waals surface area (Å²) in [6.07, 6.45) is 0.343. The van der Waals surface area contributed by atoms with E-state index in [4.69, 9.17) is 21.4 Å². The van der Waals surface area contributed by atoms with Gasteiger partial charge in [-0.3, -0.25) is 4.79 Å². The summed E-state index contributed by atoms with van der Waals surface area (Å²) in [6.45, 7) is -0.448. The Morgan fingerprint density at radius 3 is 2.13 bits per heavy atom. The topological polar surface area (TPSA) is 75.6 Å². The van der Waals surface area contributed by atoms with Crippen molar-refractivity contribution < 1.29 is 19.4 Å². The zero-order valence-corrected chi connectivity index (χ0v) is 18.2. The van der Waals surface area contributed by atoms with Gasteiger partial charge < -0.3 is 15.2 Å². The van der Waals surface area contributed by atoms with Crippen molar-refractivity contribution in [3.05, 3.63) is 95.0 Å². The molecule has 0 heterocycles. The highest BCUT2D eigenvalue weighted by Gasteiger charge is 2.16. The van der Waals surface area contributed by atoms with Crippen LogP contribution in [0.2, 0.25) is 5.02 Å². The molecule has 0 bridgehead atoms. The predicted molar refractivity (Wildman–Crippen MR) is 123 cm³/mol. The molecule has 5 nitrogen and oxygen atoms in total. The molecule has 0 unspecified atom stereocenters. The maximum atomic E-state index is 12.6. The summed E-state index contributed by atoms with van der Waals surface area (Å²) in [6, 6.07) is 24.7. The van der Waals surface area contributed by atoms with Gasteiger partial charge in [-0.25, -0.2) is 4.79 Å². The second-order valence-corrected chi connectivity index (χ2v) is 8.27. The third-order valence-electron chi connectivity index (χ3n) is 4.42. The molecular formula is C24H22ClNO4S. The average molecular weight is 456 g/mol. The van der Waals surface area contributed by atoms with E-state index in [0.29, 0.717) is 22.9 Å². The summed E-state index contributed by atoms with van der Waals surface area (Å²) in [5.74, 6) is -0.212. The van der Waals surface area contributed by atoms with Gasteiger partial charge in [-0.2, -0.15) is 0 Å². The van der Waals surface area contributed by atoms with Gasteiger partial charge in [0, 0.05) is 17.1 Å². The Morgan fingerprint density at radius 2 is 1.58 bits per heavy atom. The van der Waals surface area contributed by atoms with E-state index in [9.17, 15) is 9.59 Å². The molecule has 1 amide bonds. The predicted octanol–water partition coefficient (Wildman–Crippen LogP) is 5.19. The van der Waals surface area contributed by atoms with Gasteiger partial charge in [0.25, 0.3) is 0 Å². The Labute approximate surface area is 190 Å². The third-order valence-corrected chi connectivity index (χ3v) is 5.71. The molecule has 7 heteroatoms. The summed E-state index contributed by atoms with van der Waals surface area (Å²) in [7, 11) is 0. The number of rotatable bonds is 10. The second-order valence-electron chi connectivity index (χ2n) is 6.69. The lowest BCUT2D eigenvalue weighted by Crippen LogP contribution is -2.29. The van der Waals surface area contributed by atoms with Crippen molar-refractivity contribution in [1.29, 1.82) is 0 Å². The molecule has 0 spiro atoms. The molecular weight excluding hydrogens is 434 g/mol. The molecule has 0 aliphatic rings. The van der Waals surface area contributed by atoms with Gasteiger partial charge in [-0.05, 0) is 29.3 Å². The van der Waals surface area contributed by atoms with Crippen LogP contribution in [0, 0.1) is 0 Å². The van der Waals surface area contributed by atoms with E-state index < -0.39 is 12.6 Å². The van der Waals surface area contributed by atoms with Gasteiger partial charge >= 0.3 is 5.97 Å². The Hall–Kier alpha value is -2.96. The lowest BCUT2D eigenvalue weighted by atomic mass is 9.98. The number of benzene rings is 3. The van der Waals surface area contributed by atoms with E-state index in [-0.39, 0.29) is 11.9 Å². The van der Waals surface area contributed by atoms with Gasteiger partial charge in [0.05, 0.1) is 11.1 Å². The van der Waals surface area contributed by atoms with Crippen molar-refractivity contribution in [1.82, 2.24) is 5.32 Å². The van der Waals surface area contributed by atoms with Gasteiger partial charge in [-0.1, -0.05) is 72.3 Å². The number of aliphatic carboxylic acids is 1. The molecule has 0 aliphatic carbocycles. The molecule has 0 fully saturated rings. The van der Waals surface area contributed by atoms with E-state index in [1.807, 2.05) is 60.7 Å². The van der Waals surface area contributed by atoms with E-state index >= 15 is 0 Å². The molecule has 31 heavy (non-hydrogen) atoms. The van der Waals surface area contributed by atoms with Crippen LogP contribution >= 0.6 is 23.4 Å². The quantitative estimate of drug-likeness (QED) is 0.411. The van der Waals surface area contributed by atoms with Crippen molar-refractivity contribution in [2.75, 3.05) is 12.4 Å². The van der Waals surface area contributed by atoms with Crippen LogP contribution in [0.25, 0.3) is 0 Å². The number of hydrogen-bond acceptors (Lipinski definition) is 4. The van der Waals surface area contributed by atoms with Gasteiger partial charge in [0.15, 0.2) is 6.61 Å². The summed E-state index contributed by atoms with van der Waals surface area (Å²) >= 11 is 7.65. The summed E-state index contributed by atoms with van der Waals surface area (Å²) in [4.78, 5) is 24.1. The number of carboxylic acid groups (broad SMARTS) is 1. The molecule has 3 rings (SSSR count). The molecule has 0 aromatic heterocycles. The zero-order valence-electron chi connectivity index (χ0n) is 16.7.